The van der Waals surface area contributed by atoms with Crippen LogP contribution in [0.15, 0.2) is 52.0 Å². The van der Waals surface area contributed by atoms with E-state index in [-0.39, 0.29) is 24.1 Å². The minimum atomic E-state index is -1.05. The smallest absolute Gasteiger partial charge is 0.341 e. The summed E-state index contributed by atoms with van der Waals surface area (Å²) in [5.74, 6) is -1.05. The van der Waals surface area contributed by atoms with E-state index in [4.69, 9.17) is 21.4 Å². The number of rotatable bonds is 6. The summed E-state index contributed by atoms with van der Waals surface area (Å²) < 4.78 is 5.15. The second-order valence-electron chi connectivity index (χ2n) is 6.30. The van der Waals surface area contributed by atoms with E-state index in [1.165, 1.54) is 11.1 Å². The van der Waals surface area contributed by atoms with Crippen LogP contribution in [0.3, 0.4) is 0 Å². The lowest BCUT2D eigenvalue weighted by Gasteiger charge is -2.14. The first-order valence-electron chi connectivity index (χ1n) is 8.58. The van der Waals surface area contributed by atoms with E-state index in [0.717, 1.165) is 17.6 Å². The predicted molar refractivity (Wildman–Crippen MR) is 106 cm³/mol. The van der Waals surface area contributed by atoms with Crippen molar-refractivity contribution in [2.45, 2.75) is 31.5 Å². The molecule has 2 aliphatic rings. The van der Waals surface area contributed by atoms with E-state index < -0.39 is 12.6 Å². The van der Waals surface area contributed by atoms with Gasteiger partial charge in [0.15, 0.2) is 6.61 Å². The number of allylic oxidation sites excluding steroid dienone is 1. The lowest BCUT2D eigenvalue weighted by molar-refractivity contribution is -0.139. The molecule has 8 heteroatoms. The SMILES string of the molecule is C/C(=C\C1NC(OCC(=O)O)=NC1/C=C/Cl)c1ccc(C2CC=NN2)cc1. The van der Waals surface area contributed by atoms with Crippen molar-refractivity contribution < 1.29 is 14.6 Å². The molecule has 0 fully saturated rings. The van der Waals surface area contributed by atoms with Crippen molar-refractivity contribution in [3.05, 3.63) is 53.1 Å². The Morgan fingerprint density at radius 2 is 2.19 bits per heavy atom. The summed E-state index contributed by atoms with van der Waals surface area (Å²) in [6.45, 7) is 1.57. The van der Waals surface area contributed by atoms with E-state index in [0.29, 0.717) is 0 Å². The van der Waals surface area contributed by atoms with Gasteiger partial charge in [0.1, 0.15) is 0 Å². The fourth-order valence-corrected chi connectivity index (χ4v) is 3.12. The molecule has 0 saturated carbocycles. The number of aliphatic carboxylic acids is 1. The third-order valence-corrected chi connectivity index (χ3v) is 4.53. The Bertz CT molecular complexity index is 794. The number of nitrogens with zero attached hydrogens (tertiary/aromatic N) is 2. The Morgan fingerprint density at radius 1 is 1.41 bits per heavy atom. The van der Waals surface area contributed by atoms with Crippen LogP contribution in [0.4, 0.5) is 0 Å². The molecule has 0 bridgehead atoms. The number of amidine groups is 1. The Balaban J connectivity index is 1.69. The molecule has 0 spiro atoms. The molecule has 3 rings (SSSR count). The molecule has 2 heterocycles. The Morgan fingerprint density at radius 3 is 2.81 bits per heavy atom. The van der Waals surface area contributed by atoms with Crippen LogP contribution in [0.2, 0.25) is 0 Å². The molecule has 1 aromatic rings. The second-order valence-corrected chi connectivity index (χ2v) is 6.55. The number of hydrazone groups is 1. The average Bonchev–Trinajstić information content (AvgIpc) is 3.31. The predicted octanol–water partition coefficient (Wildman–Crippen LogP) is 2.66. The Hall–Kier alpha value is -2.80. The van der Waals surface area contributed by atoms with Crippen molar-refractivity contribution in [3.8, 4) is 0 Å². The van der Waals surface area contributed by atoms with Gasteiger partial charge in [-0.3, -0.25) is 0 Å². The highest BCUT2D eigenvalue weighted by Gasteiger charge is 2.26. The van der Waals surface area contributed by atoms with Crippen molar-refractivity contribution in [1.29, 1.82) is 0 Å². The van der Waals surface area contributed by atoms with E-state index in [2.05, 4.69) is 45.1 Å². The van der Waals surface area contributed by atoms with Crippen LogP contribution in [0.1, 0.15) is 30.5 Å². The number of benzene rings is 1. The van der Waals surface area contributed by atoms with Crippen LogP contribution in [0.5, 0.6) is 0 Å². The lowest BCUT2D eigenvalue weighted by Crippen LogP contribution is -2.34. The first kappa shape index (κ1) is 19.0. The normalized spacial score (nSPS) is 24.6. The summed E-state index contributed by atoms with van der Waals surface area (Å²) in [6, 6.07) is 8.34. The zero-order valence-electron chi connectivity index (χ0n) is 14.8. The van der Waals surface area contributed by atoms with Gasteiger partial charge in [0, 0.05) is 18.2 Å². The van der Waals surface area contributed by atoms with Crippen molar-refractivity contribution in [3.63, 3.8) is 0 Å². The summed E-state index contributed by atoms with van der Waals surface area (Å²) in [6.07, 6.45) is 6.54. The van der Waals surface area contributed by atoms with Gasteiger partial charge in [-0.25, -0.2) is 9.79 Å². The molecule has 27 heavy (non-hydrogen) atoms. The van der Waals surface area contributed by atoms with Gasteiger partial charge in [0.2, 0.25) is 0 Å². The lowest BCUT2D eigenvalue weighted by atomic mass is 9.98. The van der Waals surface area contributed by atoms with Gasteiger partial charge in [0.25, 0.3) is 6.02 Å². The maximum Gasteiger partial charge on any atom is 0.341 e. The molecule has 3 atom stereocenters. The molecule has 0 amide bonds. The highest BCUT2D eigenvalue weighted by Crippen LogP contribution is 2.23. The average molecular weight is 389 g/mol. The standard InChI is InChI=1S/C19H21ClN4O3/c1-12(13-2-4-14(5-3-13)15-7-9-21-24-15)10-17-16(6-8-20)22-19(23-17)27-11-18(25)26/h2-6,8-10,15-17,24H,7,11H2,1H3,(H,22,23)(H,25,26)/b8-6+,12-10+. The van der Waals surface area contributed by atoms with Crippen LogP contribution < -0.4 is 10.7 Å². The van der Waals surface area contributed by atoms with Gasteiger partial charge in [-0.2, -0.15) is 5.10 Å². The summed E-state index contributed by atoms with van der Waals surface area (Å²) in [4.78, 5) is 15.0. The van der Waals surface area contributed by atoms with Crippen LogP contribution in [-0.2, 0) is 9.53 Å². The van der Waals surface area contributed by atoms with Gasteiger partial charge in [-0.15, -0.1) is 0 Å². The molecular formula is C19H21ClN4O3. The maximum atomic E-state index is 10.7. The number of hydrogen-bond donors (Lipinski definition) is 3. The number of aliphatic imine (C=N–C) groups is 1. The molecule has 2 aliphatic heterocycles. The summed E-state index contributed by atoms with van der Waals surface area (Å²) in [5.41, 5.74) is 7.83. The van der Waals surface area contributed by atoms with Crippen molar-refractivity contribution in [1.82, 2.24) is 10.7 Å². The van der Waals surface area contributed by atoms with Gasteiger partial charge in [-0.1, -0.05) is 41.9 Å². The molecule has 3 N–H and O–H groups in total. The number of nitrogens with one attached hydrogen (secondary N) is 2. The van der Waals surface area contributed by atoms with Crippen LogP contribution in [-0.4, -0.2) is 42.0 Å². The van der Waals surface area contributed by atoms with Crippen molar-refractivity contribution in [2.24, 2.45) is 10.1 Å². The molecule has 0 radical (unpaired) electrons. The largest absolute Gasteiger partial charge is 0.479 e. The van der Waals surface area contributed by atoms with Crippen LogP contribution in [0, 0.1) is 0 Å². The molecule has 0 aromatic heterocycles. The number of hydrogen-bond acceptors (Lipinski definition) is 6. The molecule has 0 aliphatic carbocycles. The van der Waals surface area contributed by atoms with Gasteiger partial charge < -0.3 is 20.6 Å². The Kier molecular flexibility index (Phi) is 6.13. The number of carboxylic acids is 1. The fourth-order valence-electron chi connectivity index (χ4n) is 2.98. The molecule has 0 saturated heterocycles. The van der Waals surface area contributed by atoms with Crippen LogP contribution in [0.25, 0.3) is 5.57 Å². The topological polar surface area (TPSA) is 95.3 Å². The minimum absolute atomic E-state index is 0.173. The number of carboxylic acid groups (broad SMARTS) is 1. The van der Waals surface area contributed by atoms with E-state index in [9.17, 15) is 4.79 Å². The molecule has 7 nitrogen and oxygen atoms in total. The third kappa shape index (κ3) is 4.89. The first-order valence-corrected chi connectivity index (χ1v) is 9.02. The molecule has 3 unspecified atom stereocenters. The second kappa shape index (κ2) is 8.73. The highest BCUT2D eigenvalue weighted by molar-refractivity contribution is 6.25. The highest BCUT2D eigenvalue weighted by atomic mass is 35.5. The van der Waals surface area contributed by atoms with E-state index in [1.807, 2.05) is 19.2 Å². The minimum Gasteiger partial charge on any atom is -0.479 e. The monoisotopic (exact) mass is 388 g/mol. The van der Waals surface area contributed by atoms with Crippen molar-refractivity contribution >= 4 is 35.4 Å². The van der Waals surface area contributed by atoms with Crippen LogP contribution >= 0.6 is 11.6 Å². The summed E-state index contributed by atoms with van der Waals surface area (Å²) in [5, 5.41) is 15.9. The maximum absolute atomic E-state index is 10.7. The quantitative estimate of drug-likeness (QED) is 0.696. The summed E-state index contributed by atoms with van der Waals surface area (Å²) in [7, 11) is 0. The number of halogens is 1. The number of ether oxygens (including phenoxy) is 1. The van der Waals surface area contributed by atoms with E-state index >= 15 is 0 Å². The van der Waals surface area contributed by atoms with Gasteiger partial charge in [-0.05, 0) is 29.7 Å². The molecular weight excluding hydrogens is 368 g/mol. The zero-order valence-corrected chi connectivity index (χ0v) is 15.6. The van der Waals surface area contributed by atoms with Crippen molar-refractivity contribution in [2.75, 3.05) is 6.61 Å². The van der Waals surface area contributed by atoms with E-state index in [1.54, 1.807) is 6.08 Å². The Labute approximate surface area is 162 Å². The fraction of sp³-hybridized carbons (Fsp3) is 0.316. The first-order chi connectivity index (χ1) is 13.1. The van der Waals surface area contributed by atoms with Gasteiger partial charge >= 0.3 is 5.97 Å². The van der Waals surface area contributed by atoms with Gasteiger partial charge in [0.05, 0.1) is 18.1 Å². The molecule has 142 valence electrons. The zero-order chi connectivity index (χ0) is 19.2. The summed E-state index contributed by atoms with van der Waals surface area (Å²) >= 11 is 5.71. The molecule has 1 aromatic carbocycles. The number of carbonyl (C=O) groups is 1. The third-order valence-electron chi connectivity index (χ3n) is 4.39.